The van der Waals surface area contributed by atoms with Crippen molar-refractivity contribution >= 4 is 5.91 Å². The minimum atomic E-state index is -0.0511. The maximum Gasteiger partial charge on any atom is 0.238 e. The Hall–Kier alpha value is -1.59. The van der Waals surface area contributed by atoms with Gasteiger partial charge >= 0.3 is 0 Å². The molecule has 140 valence electrons. The van der Waals surface area contributed by atoms with Gasteiger partial charge in [0.2, 0.25) is 5.91 Å². The van der Waals surface area contributed by atoms with Gasteiger partial charge in [0.25, 0.3) is 0 Å². The molecule has 0 bridgehead atoms. The summed E-state index contributed by atoms with van der Waals surface area (Å²) in [5.41, 5.74) is 3.52. The number of hydrogen-bond acceptors (Lipinski definition) is 4. The van der Waals surface area contributed by atoms with Crippen LogP contribution >= 0.6 is 0 Å². The Kier molecular flexibility index (Phi) is 8.77. The zero-order chi connectivity index (χ0) is 17.9. The van der Waals surface area contributed by atoms with E-state index in [1.165, 1.54) is 31.2 Å². The van der Waals surface area contributed by atoms with Gasteiger partial charge in [0.1, 0.15) is 5.75 Å². The molecule has 5 nitrogen and oxygen atoms in total. The van der Waals surface area contributed by atoms with E-state index >= 15 is 0 Å². The van der Waals surface area contributed by atoms with Crippen LogP contribution < -0.4 is 16.0 Å². The van der Waals surface area contributed by atoms with Crippen LogP contribution in [0.25, 0.3) is 0 Å². The molecule has 0 aromatic heterocycles. The van der Waals surface area contributed by atoms with E-state index in [0.717, 1.165) is 51.3 Å². The molecule has 0 saturated carbocycles. The van der Waals surface area contributed by atoms with Crippen LogP contribution in [0.2, 0.25) is 0 Å². The summed E-state index contributed by atoms with van der Waals surface area (Å²) < 4.78 is 5.89. The lowest BCUT2D eigenvalue weighted by Gasteiger charge is -2.31. The van der Waals surface area contributed by atoms with Crippen LogP contribution in [0.3, 0.4) is 0 Å². The standard InChI is InChI=1S/C20H33N3O2/c1-2-3-4-5-6-13-25-19-11-7-9-17(14-19)15-23-12-8-10-18(16-23)20(24)22-21/h7,9,11,14,18H,2-6,8,10,12-13,15-16,21H2,1H3,(H,22,24). The van der Waals surface area contributed by atoms with Gasteiger partial charge in [-0.3, -0.25) is 15.1 Å². The SMILES string of the molecule is CCCCCCCOc1cccc(CN2CCCC(C(=O)NN)C2)c1. The van der Waals surface area contributed by atoms with E-state index in [2.05, 4.69) is 35.4 Å². The molecule has 1 fully saturated rings. The molecule has 1 amide bonds. The Labute approximate surface area is 151 Å². The lowest BCUT2D eigenvalue weighted by atomic mass is 9.97. The fraction of sp³-hybridized carbons (Fsp3) is 0.650. The Balaban J connectivity index is 1.77. The van der Waals surface area contributed by atoms with E-state index in [9.17, 15) is 4.79 Å². The number of carbonyl (C=O) groups excluding carboxylic acids is 1. The van der Waals surface area contributed by atoms with E-state index in [1.54, 1.807) is 0 Å². The zero-order valence-corrected chi connectivity index (χ0v) is 15.5. The van der Waals surface area contributed by atoms with E-state index in [-0.39, 0.29) is 11.8 Å². The van der Waals surface area contributed by atoms with Crippen molar-refractivity contribution in [3.05, 3.63) is 29.8 Å². The van der Waals surface area contributed by atoms with Crippen molar-refractivity contribution in [3.8, 4) is 5.75 Å². The molecule has 1 saturated heterocycles. The number of unbranched alkanes of at least 4 members (excludes halogenated alkanes) is 4. The zero-order valence-electron chi connectivity index (χ0n) is 15.5. The molecule has 1 aromatic carbocycles. The van der Waals surface area contributed by atoms with Gasteiger partial charge in [0.05, 0.1) is 12.5 Å². The van der Waals surface area contributed by atoms with Crippen molar-refractivity contribution in [2.45, 2.75) is 58.4 Å². The van der Waals surface area contributed by atoms with Crippen molar-refractivity contribution < 1.29 is 9.53 Å². The van der Waals surface area contributed by atoms with Gasteiger partial charge in [-0.15, -0.1) is 0 Å². The van der Waals surface area contributed by atoms with Crippen LogP contribution in [0.1, 0.15) is 57.4 Å². The molecule has 0 spiro atoms. The molecule has 1 atom stereocenters. The summed E-state index contributed by atoms with van der Waals surface area (Å²) in [5, 5.41) is 0. The molecule has 3 N–H and O–H groups in total. The average molecular weight is 348 g/mol. The quantitative estimate of drug-likeness (QED) is 0.295. The van der Waals surface area contributed by atoms with Crippen molar-refractivity contribution in [3.63, 3.8) is 0 Å². The summed E-state index contributed by atoms with van der Waals surface area (Å²) in [7, 11) is 0. The van der Waals surface area contributed by atoms with Crippen LogP contribution in [0.4, 0.5) is 0 Å². The fourth-order valence-electron chi connectivity index (χ4n) is 3.42. The minimum absolute atomic E-state index is 0.00121. The Morgan fingerprint density at radius 3 is 2.96 bits per heavy atom. The number of likely N-dealkylation sites (tertiary alicyclic amines) is 1. The minimum Gasteiger partial charge on any atom is -0.494 e. The lowest BCUT2D eigenvalue weighted by molar-refractivity contribution is -0.126. The van der Waals surface area contributed by atoms with Gasteiger partial charge in [-0.2, -0.15) is 0 Å². The van der Waals surface area contributed by atoms with Crippen LogP contribution in [-0.4, -0.2) is 30.5 Å². The van der Waals surface area contributed by atoms with Crippen LogP contribution in [-0.2, 0) is 11.3 Å². The predicted molar refractivity (Wildman–Crippen MR) is 101 cm³/mol. The molecule has 1 unspecified atom stereocenters. The van der Waals surface area contributed by atoms with Gasteiger partial charge in [-0.1, -0.05) is 44.7 Å². The predicted octanol–water partition coefficient (Wildman–Crippen LogP) is 3.24. The second kappa shape index (κ2) is 11.1. The molecule has 1 aromatic rings. The highest BCUT2D eigenvalue weighted by molar-refractivity contribution is 5.78. The molecule has 0 radical (unpaired) electrons. The molecule has 0 aliphatic carbocycles. The number of nitrogens with one attached hydrogen (secondary N) is 1. The topological polar surface area (TPSA) is 67.6 Å². The summed E-state index contributed by atoms with van der Waals surface area (Å²) >= 11 is 0. The largest absolute Gasteiger partial charge is 0.494 e. The number of hydrogen-bond donors (Lipinski definition) is 2. The summed E-state index contributed by atoms with van der Waals surface area (Å²) in [5.74, 6) is 6.17. The molecule has 2 rings (SSSR count). The Morgan fingerprint density at radius 2 is 2.16 bits per heavy atom. The number of benzene rings is 1. The first-order valence-corrected chi connectivity index (χ1v) is 9.67. The number of hydrazine groups is 1. The number of carbonyl (C=O) groups is 1. The van der Waals surface area contributed by atoms with Crippen molar-refractivity contribution in [1.82, 2.24) is 10.3 Å². The van der Waals surface area contributed by atoms with Crippen LogP contribution in [0.15, 0.2) is 24.3 Å². The second-order valence-electron chi connectivity index (χ2n) is 6.99. The molecule has 25 heavy (non-hydrogen) atoms. The number of ether oxygens (including phenoxy) is 1. The highest BCUT2D eigenvalue weighted by Crippen LogP contribution is 2.21. The molecular formula is C20H33N3O2. The maximum absolute atomic E-state index is 11.7. The fourth-order valence-corrected chi connectivity index (χ4v) is 3.42. The van der Waals surface area contributed by atoms with E-state index in [0.29, 0.717) is 0 Å². The summed E-state index contributed by atoms with van der Waals surface area (Å²) in [4.78, 5) is 14.1. The highest BCUT2D eigenvalue weighted by Gasteiger charge is 2.25. The third-order valence-electron chi connectivity index (χ3n) is 4.84. The average Bonchev–Trinajstić information content (AvgIpc) is 2.64. The van der Waals surface area contributed by atoms with E-state index in [1.807, 2.05) is 6.07 Å². The van der Waals surface area contributed by atoms with Crippen molar-refractivity contribution in [1.29, 1.82) is 0 Å². The van der Waals surface area contributed by atoms with Gasteiger partial charge in [0.15, 0.2) is 0 Å². The van der Waals surface area contributed by atoms with E-state index < -0.39 is 0 Å². The number of nitrogens with zero attached hydrogens (tertiary/aromatic N) is 1. The first-order chi connectivity index (χ1) is 12.2. The lowest BCUT2D eigenvalue weighted by Crippen LogP contribution is -2.44. The third kappa shape index (κ3) is 7.04. The van der Waals surface area contributed by atoms with E-state index in [4.69, 9.17) is 10.6 Å². The second-order valence-corrected chi connectivity index (χ2v) is 6.99. The highest BCUT2D eigenvalue weighted by atomic mass is 16.5. The first kappa shape index (κ1) is 19.7. The summed E-state index contributed by atoms with van der Waals surface area (Å²) in [6, 6.07) is 8.32. The van der Waals surface area contributed by atoms with Gasteiger partial charge < -0.3 is 4.74 Å². The Bertz CT molecular complexity index is 521. The van der Waals surface area contributed by atoms with Gasteiger partial charge in [0, 0.05) is 13.1 Å². The number of amides is 1. The summed E-state index contributed by atoms with van der Waals surface area (Å²) in [6.45, 7) is 5.66. The molecule has 1 heterocycles. The van der Waals surface area contributed by atoms with Gasteiger partial charge in [-0.05, 0) is 43.5 Å². The molecular weight excluding hydrogens is 314 g/mol. The molecule has 1 aliphatic heterocycles. The smallest absolute Gasteiger partial charge is 0.238 e. The van der Waals surface area contributed by atoms with Gasteiger partial charge in [-0.25, -0.2) is 5.84 Å². The Morgan fingerprint density at radius 1 is 1.32 bits per heavy atom. The number of rotatable bonds is 10. The first-order valence-electron chi connectivity index (χ1n) is 9.67. The maximum atomic E-state index is 11.7. The third-order valence-corrected chi connectivity index (χ3v) is 4.84. The number of nitrogens with two attached hydrogens (primary N) is 1. The number of piperidine rings is 1. The van der Waals surface area contributed by atoms with Crippen molar-refractivity contribution in [2.75, 3.05) is 19.7 Å². The van der Waals surface area contributed by atoms with Crippen LogP contribution in [0, 0.1) is 5.92 Å². The van der Waals surface area contributed by atoms with Crippen molar-refractivity contribution in [2.24, 2.45) is 11.8 Å². The monoisotopic (exact) mass is 347 g/mol. The molecule has 1 aliphatic rings. The van der Waals surface area contributed by atoms with Crippen LogP contribution in [0.5, 0.6) is 5.75 Å². The summed E-state index contributed by atoms with van der Waals surface area (Å²) in [6.07, 6.45) is 8.19. The molecule has 5 heteroatoms. The normalized spacial score (nSPS) is 18.1.